The highest BCUT2D eigenvalue weighted by atomic mass is 16.6. The van der Waals surface area contributed by atoms with E-state index in [9.17, 15) is 9.59 Å². The minimum Gasteiger partial charge on any atom is -0.481 e. The second-order valence-electron chi connectivity index (χ2n) is 2.72. The van der Waals surface area contributed by atoms with E-state index in [1.165, 1.54) is 21.0 Å². The molecule has 0 aromatic rings. The minimum atomic E-state index is -0.995. The van der Waals surface area contributed by atoms with E-state index in [-0.39, 0.29) is 6.42 Å². The lowest BCUT2D eigenvalue weighted by Crippen LogP contribution is -2.27. The molecule has 1 N–H and O–H groups in total. The van der Waals surface area contributed by atoms with Gasteiger partial charge in [-0.15, -0.1) is 0 Å². The number of ether oxygens (including phenoxy) is 2. The van der Waals surface area contributed by atoms with Gasteiger partial charge in [0, 0.05) is 7.11 Å². The van der Waals surface area contributed by atoms with Crippen molar-refractivity contribution in [2.24, 2.45) is 0 Å². The minimum absolute atomic E-state index is 0.192. The molecule has 0 saturated carbocycles. The van der Waals surface area contributed by atoms with Crippen molar-refractivity contribution >= 4 is 11.9 Å². The molecule has 0 aliphatic rings. The van der Waals surface area contributed by atoms with Crippen molar-refractivity contribution in [2.45, 2.75) is 32.5 Å². The van der Waals surface area contributed by atoms with E-state index in [2.05, 4.69) is 0 Å². The second kappa shape index (κ2) is 5.53. The molecule has 5 heteroatoms. The molecule has 0 spiro atoms. The summed E-state index contributed by atoms with van der Waals surface area (Å²) in [5.74, 6) is -1.54. The molecular weight excluding hydrogens is 176 g/mol. The van der Waals surface area contributed by atoms with Crippen molar-refractivity contribution in [3.05, 3.63) is 0 Å². The maximum Gasteiger partial charge on any atom is 0.335 e. The van der Waals surface area contributed by atoms with E-state index in [1.54, 1.807) is 0 Å². The number of carboxylic acid groups (broad SMARTS) is 1. The smallest absolute Gasteiger partial charge is 0.335 e. The van der Waals surface area contributed by atoms with Gasteiger partial charge in [0.15, 0.2) is 6.10 Å². The monoisotopic (exact) mass is 190 g/mol. The van der Waals surface area contributed by atoms with E-state index in [0.29, 0.717) is 0 Å². The molecule has 0 rings (SSSR count). The van der Waals surface area contributed by atoms with E-state index in [4.69, 9.17) is 14.6 Å². The molecule has 0 bridgehead atoms. The highest BCUT2D eigenvalue weighted by Gasteiger charge is 2.18. The number of hydrogen-bond acceptors (Lipinski definition) is 4. The van der Waals surface area contributed by atoms with Crippen molar-refractivity contribution in [2.75, 3.05) is 7.11 Å². The first kappa shape index (κ1) is 11.9. The number of methoxy groups -OCH3 is 1. The highest BCUT2D eigenvalue weighted by molar-refractivity contribution is 5.75. The number of aliphatic carboxylic acids is 1. The van der Waals surface area contributed by atoms with Crippen LogP contribution in [-0.4, -0.2) is 36.4 Å². The summed E-state index contributed by atoms with van der Waals surface area (Å²) in [7, 11) is 1.38. The normalized spacial score (nSPS) is 14.7. The van der Waals surface area contributed by atoms with Gasteiger partial charge >= 0.3 is 11.9 Å². The molecule has 2 unspecified atom stereocenters. The molecule has 0 heterocycles. The summed E-state index contributed by atoms with van der Waals surface area (Å²) in [6.45, 7) is 3.06. The molecule has 5 nitrogen and oxygen atoms in total. The van der Waals surface area contributed by atoms with Gasteiger partial charge in [-0.3, -0.25) is 4.79 Å². The molecule has 0 aliphatic heterocycles. The maximum absolute atomic E-state index is 11.0. The van der Waals surface area contributed by atoms with Gasteiger partial charge in [-0.1, -0.05) is 0 Å². The first-order chi connectivity index (χ1) is 5.97. The Morgan fingerprint density at radius 2 is 1.92 bits per heavy atom. The number of hydrogen-bond donors (Lipinski definition) is 1. The molecular formula is C8H14O5. The molecule has 76 valence electrons. The van der Waals surface area contributed by atoms with Crippen molar-refractivity contribution in [3.63, 3.8) is 0 Å². The van der Waals surface area contributed by atoms with Crippen LogP contribution in [-0.2, 0) is 19.1 Å². The van der Waals surface area contributed by atoms with Crippen LogP contribution in [0.1, 0.15) is 20.3 Å². The van der Waals surface area contributed by atoms with E-state index in [1.807, 2.05) is 0 Å². The Kier molecular flexibility index (Phi) is 5.06. The average molecular weight is 190 g/mol. The Balaban J connectivity index is 3.84. The molecule has 0 radical (unpaired) electrons. The van der Waals surface area contributed by atoms with Crippen LogP contribution < -0.4 is 0 Å². The number of rotatable bonds is 5. The summed E-state index contributed by atoms with van der Waals surface area (Å²) in [6.07, 6.45) is -1.47. The van der Waals surface area contributed by atoms with Gasteiger partial charge in [0.1, 0.15) is 6.10 Å². The van der Waals surface area contributed by atoms with Gasteiger partial charge in [0.25, 0.3) is 0 Å². The lowest BCUT2D eigenvalue weighted by atomic mass is 10.3. The van der Waals surface area contributed by atoms with Crippen LogP contribution in [0.2, 0.25) is 0 Å². The van der Waals surface area contributed by atoms with Crippen LogP contribution in [0.4, 0.5) is 0 Å². The van der Waals surface area contributed by atoms with Crippen molar-refractivity contribution < 1.29 is 24.2 Å². The molecule has 0 aromatic carbocycles. The van der Waals surface area contributed by atoms with Crippen molar-refractivity contribution in [3.8, 4) is 0 Å². The molecule has 0 fully saturated rings. The first-order valence-corrected chi connectivity index (χ1v) is 3.92. The summed E-state index contributed by atoms with van der Waals surface area (Å²) in [4.78, 5) is 21.2. The van der Waals surface area contributed by atoms with Crippen LogP contribution >= 0.6 is 0 Å². The van der Waals surface area contributed by atoms with Gasteiger partial charge in [-0.2, -0.15) is 0 Å². The number of carbonyl (C=O) groups is 2. The van der Waals surface area contributed by atoms with E-state index in [0.717, 1.165) is 0 Å². The quantitative estimate of drug-likeness (QED) is 0.636. The Morgan fingerprint density at radius 1 is 1.38 bits per heavy atom. The van der Waals surface area contributed by atoms with Gasteiger partial charge in [0.2, 0.25) is 0 Å². The standard InChI is InChI=1S/C8H14O5/c1-5(4-7(9)10)13-8(11)6(2)12-3/h5-6H,4H2,1-3H3,(H,9,10). The van der Waals surface area contributed by atoms with Crippen LogP contribution in [0.25, 0.3) is 0 Å². The third kappa shape index (κ3) is 5.19. The zero-order chi connectivity index (χ0) is 10.4. The van der Waals surface area contributed by atoms with Crippen molar-refractivity contribution in [1.29, 1.82) is 0 Å². The zero-order valence-corrected chi connectivity index (χ0v) is 7.94. The lowest BCUT2D eigenvalue weighted by Gasteiger charge is -2.14. The first-order valence-electron chi connectivity index (χ1n) is 3.92. The molecule has 13 heavy (non-hydrogen) atoms. The van der Waals surface area contributed by atoms with E-state index >= 15 is 0 Å². The Morgan fingerprint density at radius 3 is 2.31 bits per heavy atom. The lowest BCUT2D eigenvalue weighted by molar-refractivity contribution is -0.161. The number of carboxylic acids is 1. The zero-order valence-electron chi connectivity index (χ0n) is 7.94. The second-order valence-corrected chi connectivity index (χ2v) is 2.72. The van der Waals surface area contributed by atoms with Crippen LogP contribution in [0.3, 0.4) is 0 Å². The topological polar surface area (TPSA) is 72.8 Å². The predicted octanol–water partition coefficient (Wildman–Crippen LogP) is 0.428. The van der Waals surface area contributed by atoms with Gasteiger partial charge in [-0.25, -0.2) is 4.79 Å². The number of carbonyl (C=O) groups excluding carboxylic acids is 1. The third-order valence-corrected chi connectivity index (χ3v) is 1.46. The summed E-state index contributed by atoms with van der Waals surface area (Å²) < 4.78 is 9.46. The fraction of sp³-hybridized carbons (Fsp3) is 0.750. The fourth-order valence-corrected chi connectivity index (χ4v) is 0.678. The van der Waals surface area contributed by atoms with Crippen molar-refractivity contribution in [1.82, 2.24) is 0 Å². The van der Waals surface area contributed by atoms with Gasteiger partial charge in [0.05, 0.1) is 6.42 Å². The Hall–Kier alpha value is -1.10. The van der Waals surface area contributed by atoms with Crippen LogP contribution in [0, 0.1) is 0 Å². The maximum atomic E-state index is 11.0. The SMILES string of the molecule is COC(C)C(=O)OC(C)CC(=O)O. The third-order valence-electron chi connectivity index (χ3n) is 1.46. The van der Waals surface area contributed by atoms with Gasteiger partial charge < -0.3 is 14.6 Å². The molecule has 0 saturated heterocycles. The Labute approximate surface area is 76.6 Å². The largest absolute Gasteiger partial charge is 0.481 e. The predicted molar refractivity (Wildman–Crippen MR) is 44.3 cm³/mol. The number of esters is 1. The van der Waals surface area contributed by atoms with Crippen LogP contribution in [0.15, 0.2) is 0 Å². The van der Waals surface area contributed by atoms with Gasteiger partial charge in [-0.05, 0) is 13.8 Å². The molecule has 0 aromatic heterocycles. The molecule has 0 aliphatic carbocycles. The average Bonchev–Trinajstić information content (AvgIpc) is 2.01. The molecule has 0 amide bonds. The van der Waals surface area contributed by atoms with Crippen LogP contribution in [0.5, 0.6) is 0 Å². The summed E-state index contributed by atoms with van der Waals surface area (Å²) in [5, 5.41) is 8.37. The van der Waals surface area contributed by atoms with E-state index < -0.39 is 24.1 Å². The summed E-state index contributed by atoms with van der Waals surface area (Å²) >= 11 is 0. The summed E-state index contributed by atoms with van der Waals surface area (Å²) in [5.41, 5.74) is 0. The Bertz CT molecular complexity index is 189. The highest BCUT2D eigenvalue weighted by Crippen LogP contribution is 2.01. The molecule has 2 atom stereocenters. The fourth-order valence-electron chi connectivity index (χ4n) is 0.678. The summed E-state index contributed by atoms with van der Waals surface area (Å²) in [6, 6.07) is 0.